The average Bonchev–Trinajstić information content (AvgIpc) is 2.42. The van der Waals surface area contributed by atoms with Crippen LogP contribution in [0.25, 0.3) is 0 Å². The zero-order valence-corrected chi connectivity index (χ0v) is 13.9. The second-order valence-electron chi connectivity index (χ2n) is 5.74. The van der Waals surface area contributed by atoms with Crippen LogP contribution >= 0.6 is 0 Å². The van der Waals surface area contributed by atoms with Crippen molar-refractivity contribution >= 4 is 10.0 Å². The molecule has 2 N–H and O–H groups in total. The summed E-state index contributed by atoms with van der Waals surface area (Å²) in [6.07, 6.45) is -0.158. The van der Waals surface area contributed by atoms with Crippen molar-refractivity contribution in [1.29, 1.82) is 0 Å². The van der Waals surface area contributed by atoms with Crippen molar-refractivity contribution in [2.75, 3.05) is 13.1 Å². The third kappa shape index (κ3) is 4.78. The predicted octanol–water partition coefficient (Wildman–Crippen LogP) is 1.91. The zero-order chi connectivity index (χ0) is 16.3. The van der Waals surface area contributed by atoms with Gasteiger partial charge in [-0.05, 0) is 38.0 Å². The Morgan fingerprint density at radius 3 is 2.38 bits per heavy atom. The Labute approximate surface area is 127 Å². The summed E-state index contributed by atoms with van der Waals surface area (Å²) in [5, 5.41) is 19.7. The zero-order valence-electron chi connectivity index (χ0n) is 13.1. The molecule has 0 fully saturated rings. The monoisotopic (exact) mass is 315 g/mol. The normalized spacial score (nSPS) is 14.4. The Kier molecular flexibility index (Phi) is 5.92. The van der Waals surface area contributed by atoms with Crippen molar-refractivity contribution in [1.82, 2.24) is 4.31 Å². The molecule has 120 valence electrons. The lowest BCUT2D eigenvalue weighted by Crippen LogP contribution is -2.42. The average molecular weight is 315 g/mol. The van der Waals surface area contributed by atoms with E-state index in [2.05, 4.69) is 0 Å². The van der Waals surface area contributed by atoms with Gasteiger partial charge in [0.05, 0.1) is 16.6 Å². The first-order valence-corrected chi connectivity index (χ1v) is 8.56. The van der Waals surface area contributed by atoms with Crippen molar-refractivity contribution < 1.29 is 18.6 Å². The van der Waals surface area contributed by atoms with Crippen molar-refractivity contribution in [3.8, 4) is 0 Å². The highest BCUT2D eigenvalue weighted by atomic mass is 32.2. The van der Waals surface area contributed by atoms with Gasteiger partial charge in [0.1, 0.15) is 0 Å². The molecule has 1 atom stereocenters. The highest BCUT2D eigenvalue weighted by molar-refractivity contribution is 7.89. The first-order valence-electron chi connectivity index (χ1n) is 7.12. The molecule has 1 rings (SSSR count). The molecule has 0 aliphatic carbocycles. The van der Waals surface area contributed by atoms with Crippen LogP contribution in [0.15, 0.2) is 29.2 Å². The van der Waals surface area contributed by atoms with Crippen molar-refractivity contribution in [3.63, 3.8) is 0 Å². The van der Waals surface area contributed by atoms with E-state index < -0.39 is 21.7 Å². The summed E-state index contributed by atoms with van der Waals surface area (Å²) in [5.41, 5.74) is -0.526. The van der Waals surface area contributed by atoms with Gasteiger partial charge in [0.2, 0.25) is 10.0 Å². The number of rotatable bonds is 7. The van der Waals surface area contributed by atoms with E-state index in [9.17, 15) is 18.6 Å². The Balaban J connectivity index is 3.17. The Bertz CT molecular complexity index is 563. The molecule has 21 heavy (non-hydrogen) atoms. The maximum Gasteiger partial charge on any atom is 0.243 e. The summed E-state index contributed by atoms with van der Waals surface area (Å²) < 4.78 is 26.5. The quantitative estimate of drug-likeness (QED) is 0.806. The van der Waals surface area contributed by atoms with Crippen LogP contribution in [0.2, 0.25) is 0 Å². The van der Waals surface area contributed by atoms with E-state index in [0.29, 0.717) is 12.0 Å². The predicted molar refractivity (Wildman–Crippen MR) is 82.4 cm³/mol. The fraction of sp³-hybridized carbons (Fsp3) is 0.600. The van der Waals surface area contributed by atoms with Crippen LogP contribution in [-0.4, -0.2) is 41.6 Å². The second kappa shape index (κ2) is 6.87. The van der Waals surface area contributed by atoms with Crippen LogP contribution in [0.1, 0.15) is 45.8 Å². The van der Waals surface area contributed by atoms with Gasteiger partial charge in [0, 0.05) is 13.1 Å². The van der Waals surface area contributed by atoms with Gasteiger partial charge >= 0.3 is 0 Å². The number of nitrogens with zero attached hydrogens (tertiary/aromatic N) is 1. The van der Waals surface area contributed by atoms with Gasteiger partial charge in [0.15, 0.2) is 0 Å². The van der Waals surface area contributed by atoms with Gasteiger partial charge in [0.25, 0.3) is 0 Å². The van der Waals surface area contributed by atoms with Crippen LogP contribution in [0.3, 0.4) is 0 Å². The molecule has 0 aromatic heterocycles. The highest BCUT2D eigenvalue weighted by Gasteiger charge is 2.28. The van der Waals surface area contributed by atoms with Gasteiger partial charge in [-0.15, -0.1) is 0 Å². The van der Waals surface area contributed by atoms with Crippen LogP contribution in [0.4, 0.5) is 0 Å². The summed E-state index contributed by atoms with van der Waals surface area (Å²) in [7, 11) is -3.69. The number of likely N-dealkylation sites (N-methyl/N-ethyl adjacent to an activating group) is 1. The standard InChI is InChI=1S/C15H25NO4S/c1-5-14(17)12-8-7-9-13(10-12)21(19,20)16(6-2)11-15(3,4)18/h7-10,14,17-18H,5-6,11H2,1-4H3. The van der Waals surface area contributed by atoms with Crippen LogP contribution in [-0.2, 0) is 10.0 Å². The minimum absolute atomic E-state index is 0.0202. The molecule has 0 saturated heterocycles. The lowest BCUT2D eigenvalue weighted by atomic mass is 10.1. The smallest absolute Gasteiger partial charge is 0.243 e. The number of hydrogen-bond acceptors (Lipinski definition) is 4. The van der Waals surface area contributed by atoms with Crippen LogP contribution < -0.4 is 0 Å². The van der Waals surface area contributed by atoms with E-state index in [1.54, 1.807) is 32.9 Å². The molecule has 0 spiro atoms. The molecule has 5 nitrogen and oxygen atoms in total. The Hall–Kier alpha value is -0.950. The minimum atomic E-state index is -3.69. The maximum atomic E-state index is 12.6. The second-order valence-corrected chi connectivity index (χ2v) is 7.68. The number of hydrogen-bond donors (Lipinski definition) is 2. The lowest BCUT2D eigenvalue weighted by molar-refractivity contribution is 0.0601. The van der Waals surface area contributed by atoms with E-state index in [1.807, 2.05) is 6.92 Å². The third-order valence-electron chi connectivity index (χ3n) is 3.18. The van der Waals surface area contributed by atoms with Gasteiger partial charge in [-0.3, -0.25) is 0 Å². The van der Waals surface area contributed by atoms with Crippen LogP contribution in [0, 0.1) is 0 Å². The van der Waals surface area contributed by atoms with Gasteiger partial charge in [-0.2, -0.15) is 4.31 Å². The van der Waals surface area contributed by atoms with Gasteiger partial charge in [-0.1, -0.05) is 26.0 Å². The molecule has 1 aromatic rings. The van der Waals surface area contributed by atoms with Crippen molar-refractivity contribution in [3.05, 3.63) is 29.8 Å². The van der Waals surface area contributed by atoms with E-state index in [1.165, 1.54) is 16.4 Å². The summed E-state index contributed by atoms with van der Waals surface area (Å²) in [4.78, 5) is 0.138. The molecule has 1 unspecified atom stereocenters. The van der Waals surface area contributed by atoms with E-state index in [0.717, 1.165) is 0 Å². The van der Waals surface area contributed by atoms with E-state index in [4.69, 9.17) is 0 Å². The topological polar surface area (TPSA) is 77.8 Å². The molecule has 0 aliphatic rings. The van der Waals surface area contributed by atoms with E-state index >= 15 is 0 Å². The van der Waals surface area contributed by atoms with Gasteiger partial charge < -0.3 is 10.2 Å². The molecule has 1 aromatic carbocycles. The Morgan fingerprint density at radius 2 is 1.90 bits per heavy atom. The third-order valence-corrected chi connectivity index (χ3v) is 5.10. The fourth-order valence-electron chi connectivity index (χ4n) is 2.07. The minimum Gasteiger partial charge on any atom is -0.389 e. The highest BCUT2D eigenvalue weighted by Crippen LogP contribution is 2.23. The summed E-state index contributed by atoms with van der Waals surface area (Å²) in [5.74, 6) is 0. The fourth-order valence-corrected chi connectivity index (χ4v) is 3.72. The molecule has 0 heterocycles. The first kappa shape index (κ1) is 18.1. The molecule has 0 saturated carbocycles. The summed E-state index contributed by atoms with van der Waals surface area (Å²) in [6, 6.07) is 6.34. The van der Waals surface area contributed by atoms with Crippen LogP contribution in [0.5, 0.6) is 0 Å². The molecular weight excluding hydrogens is 290 g/mol. The summed E-state index contributed by atoms with van der Waals surface area (Å²) in [6.45, 7) is 7.00. The molecule has 6 heteroatoms. The number of benzene rings is 1. The maximum absolute atomic E-state index is 12.6. The largest absolute Gasteiger partial charge is 0.389 e. The molecule has 0 bridgehead atoms. The van der Waals surface area contributed by atoms with Gasteiger partial charge in [-0.25, -0.2) is 8.42 Å². The summed E-state index contributed by atoms with van der Waals surface area (Å²) >= 11 is 0. The Morgan fingerprint density at radius 1 is 1.29 bits per heavy atom. The number of aliphatic hydroxyl groups excluding tert-OH is 1. The number of aliphatic hydroxyl groups is 2. The molecule has 0 radical (unpaired) electrons. The first-order chi connectivity index (χ1) is 9.61. The lowest BCUT2D eigenvalue weighted by Gasteiger charge is -2.27. The molecule has 0 amide bonds. The molecular formula is C15H25NO4S. The van der Waals surface area contributed by atoms with Crippen molar-refractivity contribution in [2.24, 2.45) is 0 Å². The number of sulfonamides is 1. The van der Waals surface area contributed by atoms with Crippen molar-refractivity contribution in [2.45, 2.75) is 50.7 Å². The molecule has 0 aliphatic heterocycles. The van der Waals surface area contributed by atoms with E-state index in [-0.39, 0.29) is 18.0 Å². The SMILES string of the molecule is CCC(O)c1cccc(S(=O)(=O)N(CC)CC(C)(C)O)c1.